The minimum atomic E-state index is -0.289. The van der Waals surface area contributed by atoms with E-state index in [1.165, 1.54) is 0 Å². The van der Waals surface area contributed by atoms with E-state index in [0.29, 0.717) is 5.02 Å². The van der Waals surface area contributed by atoms with Gasteiger partial charge in [-0.2, -0.15) is 0 Å². The first-order chi connectivity index (χ1) is 9.54. The molecule has 4 heteroatoms. The van der Waals surface area contributed by atoms with Crippen molar-refractivity contribution in [2.24, 2.45) is 0 Å². The fourth-order valence-electron chi connectivity index (χ4n) is 2.39. The third kappa shape index (κ3) is 4.20. The Morgan fingerprint density at radius 2 is 1.20 bits per heavy atom. The van der Waals surface area contributed by atoms with E-state index in [1.807, 2.05) is 0 Å². The van der Waals surface area contributed by atoms with Gasteiger partial charge in [0.15, 0.2) is 11.5 Å². The molecule has 0 aliphatic carbocycles. The van der Waals surface area contributed by atoms with Crippen LogP contribution < -0.4 is 0 Å². The molecular formula is C16H24Cl2O2. The lowest BCUT2D eigenvalue weighted by atomic mass is 9.95. The van der Waals surface area contributed by atoms with Crippen molar-refractivity contribution in [2.45, 2.75) is 65.2 Å². The number of benzene rings is 1. The van der Waals surface area contributed by atoms with Crippen molar-refractivity contribution in [3.8, 4) is 11.5 Å². The van der Waals surface area contributed by atoms with Crippen LogP contribution in [0.2, 0.25) is 10.0 Å². The summed E-state index contributed by atoms with van der Waals surface area (Å²) < 4.78 is 0. The largest absolute Gasteiger partial charge is 0.504 e. The second-order valence-electron chi connectivity index (χ2n) is 5.20. The summed E-state index contributed by atoms with van der Waals surface area (Å²) in [7, 11) is 0. The summed E-state index contributed by atoms with van der Waals surface area (Å²) in [5, 5.41) is 20.5. The number of unbranched alkanes of at least 4 members (excludes halogenated alkanes) is 4. The molecule has 0 bridgehead atoms. The van der Waals surface area contributed by atoms with E-state index in [1.54, 1.807) is 0 Å². The van der Waals surface area contributed by atoms with Gasteiger partial charge in [0.1, 0.15) is 5.02 Å². The molecule has 0 aliphatic rings. The highest BCUT2D eigenvalue weighted by Crippen LogP contribution is 2.45. The summed E-state index contributed by atoms with van der Waals surface area (Å²) in [6, 6.07) is 0. The maximum atomic E-state index is 10.1. The quantitative estimate of drug-likeness (QED) is 0.465. The van der Waals surface area contributed by atoms with Gasteiger partial charge in [-0.3, -0.25) is 0 Å². The van der Waals surface area contributed by atoms with Gasteiger partial charge in [0, 0.05) is 5.56 Å². The van der Waals surface area contributed by atoms with E-state index in [4.69, 9.17) is 23.2 Å². The fourth-order valence-corrected chi connectivity index (χ4v) is 2.89. The van der Waals surface area contributed by atoms with Gasteiger partial charge >= 0.3 is 0 Å². The standard InChI is InChI=1S/C16H24Cl2O2/c1-3-5-7-9-11-12(10-8-6-4-2)15(19)16(20)14(18)13(11)17/h19-20H,3-10H2,1-2H3. The average Bonchev–Trinajstić information content (AvgIpc) is 2.45. The summed E-state index contributed by atoms with van der Waals surface area (Å²) in [5.74, 6) is -0.385. The topological polar surface area (TPSA) is 40.5 Å². The van der Waals surface area contributed by atoms with Crippen molar-refractivity contribution in [1.29, 1.82) is 0 Å². The molecule has 0 atom stereocenters. The lowest BCUT2D eigenvalue weighted by molar-refractivity contribution is 0.398. The second-order valence-corrected chi connectivity index (χ2v) is 5.95. The molecule has 1 aromatic rings. The maximum absolute atomic E-state index is 10.1. The van der Waals surface area contributed by atoms with Crippen molar-refractivity contribution in [1.82, 2.24) is 0 Å². The molecule has 0 saturated carbocycles. The SMILES string of the molecule is CCCCCc1c(O)c(O)c(Cl)c(Cl)c1CCCCC. The first-order valence-corrected chi connectivity index (χ1v) is 8.20. The first kappa shape index (κ1) is 17.5. The molecule has 0 radical (unpaired) electrons. The van der Waals surface area contributed by atoms with E-state index in [-0.39, 0.29) is 16.5 Å². The third-order valence-electron chi connectivity index (χ3n) is 3.60. The first-order valence-electron chi connectivity index (χ1n) is 7.45. The van der Waals surface area contributed by atoms with Crippen molar-refractivity contribution in [3.05, 3.63) is 21.2 Å². The number of hydrogen-bond acceptors (Lipinski definition) is 2. The molecule has 0 aromatic heterocycles. The van der Waals surface area contributed by atoms with Gasteiger partial charge in [-0.05, 0) is 31.2 Å². The van der Waals surface area contributed by atoms with Gasteiger partial charge in [-0.25, -0.2) is 0 Å². The molecule has 0 unspecified atom stereocenters. The Bertz CT molecular complexity index is 404. The Morgan fingerprint density at radius 3 is 1.70 bits per heavy atom. The zero-order chi connectivity index (χ0) is 15.1. The highest BCUT2D eigenvalue weighted by atomic mass is 35.5. The van der Waals surface area contributed by atoms with Crippen molar-refractivity contribution < 1.29 is 10.2 Å². The third-order valence-corrected chi connectivity index (χ3v) is 4.48. The average molecular weight is 319 g/mol. The van der Waals surface area contributed by atoms with Gasteiger partial charge < -0.3 is 10.2 Å². The van der Waals surface area contributed by atoms with Gasteiger partial charge in [0.25, 0.3) is 0 Å². The molecule has 0 spiro atoms. The molecule has 0 saturated heterocycles. The smallest absolute Gasteiger partial charge is 0.178 e. The van der Waals surface area contributed by atoms with Gasteiger partial charge in [0.2, 0.25) is 0 Å². The van der Waals surface area contributed by atoms with Crippen LogP contribution in [0.25, 0.3) is 0 Å². The Balaban J connectivity index is 3.08. The highest BCUT2D eigenvalue weighted by Gasteiger charge is 2.20. The van der Waals surface area contributed by atoms with E-state index >= 15 is 0 Å². The molecule has 20 heavy (non-hydrogen) atoms. The van der Waals surface area contributed by atoms with Crippen molar-refractivity contribution in [2.75, 3.05) is 0 Å². The van der Waals surface area contributed by atoms with Crippen LogP contribution in [0.5, 0.6) is 11.5 Å². The Kier molecular flexibility index (Phi) is 7.53. The van der Waals surface area contributed by atoms with Crippen LogP contribution in [0, 0.1) is 0 Å². The van der Waals surface area contributed by atoms with E-state index < -0.39 is 0 Å². The fraction of sp³-hybridized carbons (Fsp3) is 0.625. The predicted molar refractivity (Wildman–Crippen MR) is 86.2 cm³/mol. The van der Waals surface area contributed by atoms with Crippen LogP contribution >= 0.6 is 23.2 Å². The minimum Gasteiger partial charge on any atom is -0.504 e. The second kappa shape index (κ2) is 8.63. The molecule has 2 nitrogen and oxygen atoms in total. The summed E-state index contributed by atoms with van der Waals surface area (Å²) in [5.41, 5.74) is 1.66. The molecule has 0 aliphatic heterocycles. The lowest BCUT2D eigenvalue weighted by Crippen LogP contribution is -1.99. The van der Waals surface area contributed by atoms with E-state index in [0.717, 1.165) is 62.5 Å². The molecular weight excluding hydrogens is 295 g/mol. The van der Waals surface area contributed by atoms with Crippen LogP contribution in [0.15, 0.2) is 0 Å². The molecule has 2 N–H and O–H groups in total. The van der Waals surface area contributed by atoms with Crippen LogP contribution in [0.1, 0.15) is 63.5 Å². The number of halogens is 2. The van der Waals surface area contributed by atoms with Crippen LogP contribution in [-0.4, -0.2) is 10.2 Å². The Hall–Kier alpha value is -0.600. The van der Waals surface area contributed by atoms with E-state index in [2.05, 4.69) is 13.8 Å². The number of hydrogen-bond donors (Lipinski definition) is 2. The summed E-state index contributed by atoms with van der Waals surface area (Å²) in [4.78, 5) is 0. The van der Waals surface area contributed by atoms with Crippen molar-refractivity contribution >= 4 is 23.2 Å². The van der Waals surface area contributed by atoms with E-state index in [9.17, 15) is 10.2 Å². The predicted octanol–water partition coefficient (Wildman–Crippen LogP) is 5.87. The summed E-state index contributed by atoms with van der Waals surface area (Å²) in [6.45, 7) is 4.28. The van der Waals surface area contributed by atoms with Gasteiger partial charge in [-0.15, -0.1) is 0 Å². The zero-order valence-electron chi connectivity index (χ0n) is 12.3. The van der Waals surface area contributed by atoms with Crippen LogP contribution in [0.4, 0.5) is 0 Å². The van der Waals surface area contributed by atoms with Crippen LogP contribution in [0.3, 0.4) is 0 Å². The van der Waals surface area contributed by atoms with Gasteiger partial charge in [0.05, 0.1) is 5.02 Å². The molecule has 114 valence electrons. The Labute approximate surface area is 131 Å². The molecule has 1 rings (SSSR count). The number of phenolic OH excluding ortho intramolecular Hbond substituents is 2. The lowest BCUT2D eigenvalue weighted by Gasteiger charge is -2.16. The summed E-state index contributed by atoms with van der Waals surface area (Å²) in [6.07, 6.45) is 7.95. The van der Waals surface area contributed by atoms with Crippen LogP contribution in [-0.2, 0) is 12.8 Å². The molecule has 0 fully saturated rings. The highest BCUT2D eigenvalue weighted by molar-refractivity contribution is 6.43. The Morgan fingerprint density at radius 1 is 0.700 bits per heavy atom. The normalized spacial score (nSPS) is 11.0. The number of aromatic hydroxyl groups is 2. The number of rotatable bonds is 8. The molecule has 0 heterocycles. The molecule has 1 aromatic carbocycles. The monoisotopic (exact) mass is 318 g/mol. The molecule has 0 amide bonds. The number of phenols is 2. The maximum Gasteiger partial charge on any atom is 0.178 e. The minimum absolute atomic E-state index is 0.0647. The van der Waals surface area contributed by atoms with Crippen molar-refractivity contribution in [3.63, 3.8) is 0 Å². The van der Waals surface area contributed by atoms with Gasteiger partial charge in [-0.1, -0.05) is 62.7 Å². The zero-order valence-corrected chi connectivity index (χ0v) is 13.8. The summed E-state index contributed by atoms with van der Waals surface area (Å²) >= 11 is 12.3.